The van der Waals surface area contributed by atoms with Gasteiger partial charge < -0.3 is 19.3 Å². The predicted molar refractivity (Wildman–Crippen MR) is 93.5 cm³/mol. The largest absolute Gasteiger partial charge is 0.632 e. The Labute approximate surface area is 142 Å². The first-order chi connectivity index (χ1) is 11.7. The number of hydrogen-bond acceptors (Lipinski definition) is 3. The molecule has 0 radical (unpaired) electrons. The average Bonchev–Trinajstić information content (AvgIpc) is 2.62. The normalized spacial score (nSPS) is 22.8. The standard InChI is InChI=1S/C20H21NO3/c22-21(15-16-4-2-1-3-5-16)10-8-17(9-11-21)18-6-7-19-20(14-18)24-13-12-23-19/h1-8,14H,9-13,15H2. The Hall–Kier alpha value is -2.30. The van der Waals surface area contributed by atoms with Crippen LogP contribution in [0.25, 0.3) is 5.57 Å². The van der Waals surface area contributed by atoms with Crippen LogP contribution in [0.3, 0.4) is 0 Å². The SMILES string of the molecule is [O-][N+]1(Cc2ccccc2)CC=C(c2ccc3c(c2)OCCO3)CC1. The molecule has 1 atom stereocenters. The monoisotopic (exact) mass is 323 g/mol. The summed E-state index contributed by atoms with van der Waals surface area (Å²) in [6.45, 7) is 2.84. The van der Waals surface area contributed by atoms with Crippen molar-refractivity contribution >= 4 is 5.57 Å². The number of hydroxylamine groups is 3. The summed E-state index contributed by atoms with van der Waals surface area (Å²) in [4.78, 5) is 0. The van der Waals surface area contributed by atoms with E-state index in [4.69, 9.17) is 9.47 Å². The van der Waals surface area contributed by atoms with Crippen molar-refractivity contribution in [3.8, 4) is 11.5 Å². The van der Waals surface area contributed by atoms with Gasteiger partial charge in [0.1, 0.15) is 19.8 Å². The first-order valence-electron chi connectivity index (χ1n) is 8.42. The summed E-state index contributed by atoms with van der Waals surface area (Å²) in [5, 5.41) is 12.9. The van der Waals surface area contributed by atoms with E-state index in [1.165, 1.54) is 5.57 Å². The molecule has 0 saturated carbocycles. The Kier molecular flexibility index (Phi) is 4.00. The lowest BCUT2D eigenvalue weighted by Crippen LogP contribution is -2.44. The van der Waals surface area contributed by atoms with Crippen LogP contribution >= 0.6 is 0 Å². The van der Waals surface area contributed by atoms with E-state index in [9.17, 15) is 5.21 Å². The fourth-order valence-corrected chi connectivity index (χ4v) is 3.36. The molecular weight excluding hydrogens is 302 g/mol. The van der Waals surface area contributed by atoms with Crippen molar-refractivity contribution in [2.75, 3.05) is 26.3 Å². The lowest BCUT2D eigenvalue weighted by atomic mass is 9.98. The maximum absolute atomic E-state index is 12.9. The van der Waals surface area contributed by atoms with Crippen LogP contribution in [0.4, 0.5) is 0 Å². The Morgan fingerprint density at radius 1 is 0.958 bits per heavy atom. The summed E-state index contributed by atoms with van der Waals surface area (Å²) in [5.74, 6) is 1.61. The molecule has 4 rings (SSSR count). The molecule has 0 aliphatic carbocycles. The lowest BCUT2D eigenvalue weighted by molar-refractivity contribution is -0.889. The Balaban J connectivity index is 1.50. The van der Waals surface area contributed by atoms with Gasteiger partial charge in [-0.05, 0) is 29.3 Å². The van der Waals surface area contributed by atoms with Gasteiger partial charge in [0.15, 0.2) is 11.5 Å². The molecule has 2 aromatic rings. The van der Waals surface area contributed by atoms with Crippen molar-refractivity contribution in [2.24, 2.45) is 0 Å². The quantitative estimate of drug-likeness (QED) is 0.638. The second-order valence-electron chi connectivity index (χ2n) is 6.45. The van der Waals surface area contributed by atoms with E-state index >= 15 is 0 Å². The van der Waals surface area contributed by atoms with E-state index in [1.807, 2.05) is 42.5 Å². The van der Waals surface area contributed by atoms with Crippen LogP contribution in [0.2, 0.25) is 0 Å². The molecule has 4 nitrogen and oxygen atoms in total. The van der Waals surface area contributed by atoms with Crippen molar-refractivity contribution in [1.82, 2.24) is 0 Å². The molecule has 0 fully saturated rings. The topological polar surface area (TPSA) is 41.5 Å². The van der Waals surface area contributed by atoms with Gasteiger partial charge in [-0.2, -0.15) is 0 Å². The highest BCUT2D eigenvalue weighted by Gasteiger charge is 2.23. The zero-order valence-electron chi connectivity index (χ0n) is 13.6. The van der Waals surface area contributed by atoms with Gasteiger partial charge in [-0.25, -0.2) is 0 Å². The molecular formula is C20H21NO3. The van der Waals surface area contributed by atoms with E-state index < -0.39 is 0 Å². The van der Waals surface area contributed by atoms with Gasteiger partial charge in [-0.15, -0.1) is 0 Å². The molecule has 0 amide bonds. The molecule has 0 saturated heterocycles. The molecule has 4 heteroatoms. The lowest BCUT2D eigenvalue weighted by Gasteiger charge is -2.44. The molecule has 2 heterocycles. The number of rotatable bonds is 3. The third kappa shape index (κ3) is 3.16. The fraction of sp³-hybridized carbons (Fsp3) is 0.300. The number of quaternary nitrogens is 1. The summed E-state index contributed by atoms with van der Waals surface area (Å²) in [6.07, 6.45) is 2.88. The average molecular weight is 323 g/mol. The molecule has 2 aliphatic rings. The Morgan fingerprint density at radius 3 is 2.50 bits per heavy atom. The highest BCUT2D eigenvalue weighted by atomic mass is 16.6. The van der Waals surface area contributed by atoms with Crippen LogP contribution in [0.15, 0.2) is 54.6 Å². The van der Waals surface area contributed by atoms with Crippen LogP contribution in [0.1, 0.15) is 17.5 Å². The summed E-state index contributed by atoms with van der Waals surface area (Å²) in [6, 6.07) is 16.1. The van der Waals surface area contributed by atoms with Gasteiger partial charge in [0.05, 0.1) is 13.1 Å². The minimum absolute atomic E-state index is 0.182. The van der Waals surface area contributed by atoms with E-state index in [2.05, 4.69) is 12.1 Å². The highest BCUT2D eigenvalue weighted by Crippen LogP contribution is 2.35. The van der Waals surface area contributed by atoms with Crippen molar-refractivity contribution in [2.45, 2.75) is 13.0 Å². The first kappa shape index (κ1) is 15.2. The van der Waals surface area contributed by atoms with Gasteiger partial charge in [-0.3, -0.25) is 0 Å². The zero-order chi connectivity index (χ0) is 16.4. The third-order valence-corrected chi connectivity index (χ3v) is 4.69. The van der Waals surface area contributed by atoms with E-state index in [-0.39, 0.29) is 4.65 Å². The second-order valence-corrected chi connectivity index (χ2v) is 6.45. The summed E-state index contributed by atoms with van der Waals surface area (Å²) < 4.78 is 11.0. The van der Waals surface area contributed by atoms with Gasteiger partial charge in [0.25, 0.3) is 0 Å². The van der Waals surface area contributed by atoms with Crippen LogP contribution in [-0.4, -0.2) is 30.9 Å². The number of nitrogens with zero attached hydrogens (tertiary/aromatic N) is 1. The molecule has 0 bridgehead atoms. The van der Waals surface area contributed by atoms with E-state index in [0.29, 0.717) is 32.8 Å². The molecule has 0 N–H and O–H groups in total. The molecule has 0 spiro atoms. The summed E-state index contributed by atoms with van der Waals surface area (Å²) in [7, 11) is 0. The molecule has 1 unspecified atom stereocenters. The van der Waals surface area contributed by atoms with Crippen molar-refractivity contribution in [1.29, 1.82) is 0 Å². The summed E-state index contributed by atoms with van der Waals surface area (Å²) >= 11 is 0. The molecule has 2 aliphatic heterocycles. The highest BCUT2D eigenvalue weighted by molar-refractivity contribution is 5.68. The van der Waals surface area contributed by atoms with Gasteiger partial charge in [-0.1, -0.05) is 36.4 Å². The predicted octanol–water partition coefficient (Wildman–Crippen LogP) is 3.76. The van der Waals surface area contributed by atoms with Crippen LogP contribution in [0.5, 0.6) is 11.5 Å². The minimum Gasteiger partial charge on any atom is -0.632 e. The second kappa shape index (κ2) is 6.30. The molecule has 0 aromatic heterocycles. The first-order valence-corrected chi connectivity index (χ1v) is 8.42. The molecule has 2 aromatic carbocycles. The maximum Gasteiger partial charge on any atom is 0.161 e. The van der Waals surface area contributed by atoms with Crippen molar-refractivity contribution in [3.05, 3.63) is 70.9 Å². The maximum atomic E-state index is 12.9. The number of ether oxygens (including phenoxy) is 2. The minimum atomic E-state index is -0.182. The van der Waals surface area contributed by atoms with E-state index in [0.717, 1.165) is 29.0 Å². The van der Waals surface area contributed by atoms with Gasteiger partial charge >= 0.3 is 0 Å². The fourth-order valence-electron chi connectivity index (χ4n) is 3.36. The van der Waals surface area contributed by atoms with Crippen LogP contribution in [0, 0.1) is 5.21 Å². The summed E-state index contributed by atoms with van der Waals surface area (Å²) in [5.41, 5.74) is 3.46. The molecule has 24 heavy (non-hydrogen) atoms. The van der Waals surface area contributed by atoms with E-state index in [1.54, 1.807) is 0 Å². The van der Waals surface area contributed by atoms with Gasteiger partial charge in [0.2, 0.25) is 0 Å². The smallest absolute Gasteiger partial charge is 0.161 e. The van der Waals surface area contributed by atoms with Crippen LogP contribution in [-0.2, 0) is 6.54 Å². The van der Waals surface area contributed by atoms with Crippen LogP contribution < -0.4 is 9.47 Å². The number of fused-ring (bicyclic) bond motifs is 1. The van der Waals surface area contributed by atoms with Gasteiger partial charge in [0, 0.05) is 12.0 Å². The number of hydrogen-bond donors (Lipinski definition) is 0. The molecule has 124 valence electrons. The number of benzene rings is 2. The third-order valence-electron chi connectivity index (χ3n) is 4.69. The Morgan fingerprint density at radius 2 is 1.75 bits per heavy atom. The Bertz CT molecular complexity index is 757. The van der Waals surface area contributed by atoms with Crippen molar-refractivity contribution < 1.29 is 14.1 Å². The van der Waals surface area contributed by atoms with Crippen molar-refractivity contribution in [3.63, 3.8) is 0 Å². The zero-order valence-corrected chi connectivity index (χ0v) is 13.6.